The van der Waals surface area contributed by atoms with Gasteiger partial charge < -0.3 is 15.2 Å². The third-order valence-corrected chi connectivity index (χ3v) is 4.96. The molecule has 3 N–H and O–H groups in total. The minimum atomic E-state index is -4.87. The first-order valence-corrected chi connectivity index (χ1v) is 9.44. The molecule has 0 aromatic heterocycles. The highest BCUT2D eigenvalue weighted by atomic mass is 32.2. The molecule has 0 saturated heterocycles. The number of para-hydroxylation sites is 1. The van der Waals surface area contributed by atoms with Gasteiger partial charge in [-0.1, -0.05) is 18.2 Å². The number of sulfonamides is 1. The number of phenols is 1. The number of halogens is 3. The predicted octanol–water partition coefficient (Wildman–Crippen LogP) is 2.28. The van der Waals surface area contributed by atoms with Crippen LogP contribution in [0.4, 0.5) is 13.2 Å². The third kappa shape index (κ3) is 6.74. The molecule has 11 heteroatoms. The van der Waals surface area contributed by atoms with Crippen molar-refractivity contribution >= 4 is 15.9 Å². The molecule has 0 bridgehead atoms. The van der Waals surface area contributed by atoms with Gasteiger partial charge in [-0.05, 0) is 30.3 Å². The Morgan fingerprint density at radius 1 is 1.07 bits per heavy atom. The second-order valence-corrected chi connectivity index (χ2v) is 7.34. The molecule has 0 saturated carbocycles. The van der Waals surface area contributed by atoms with Crippen LogP contribution < -0.4 is 14.8 Å². The maximum atomic E-state index is 12.1. The maximum absolute atomic E-state index is 12.1. The molecule has 0 spiro atoms. The normalized spacial score (nSPS) is 11.8. The fraction of sp³-hybridized carbons (Fsp3) is 0.235. The zero-order valence-corrected chi connectivity index (χ0v) is 15.2. The first kappa shape index (κ1) is 21.5. The van der Waals surface area contributed by atoms with Crippen molar-refractivity contribution in [1.82, 2.24) is 10.0 Å². The minimum Gasteiger partial charge on any atom is -0.508 e. The van der Waals surface area contributed by atoms with E-state index >= 15 is 0 Å². The highest BCUT2D eigenvalue weighted by molar-refractivity contribution is 7.89. The van der Waals surface area contributed by atoms with Crippen molar-refractivity contribution in [2.45, 2.75) is 24.2 Å². The number of hydrogen-bond acceptors (Lipinski definition) is 5. The van der Waals surface area contributed by atoms with Gasteiger partial charge in [0.1, 0.15) is 11.5 Å². The number of alkyl halides is 3. The number of hydrogen-bond donors (Lipinski definition) is 3. The number of benzene rings is 2. The zero-order chi connectivity index (χ0) is 20.8. The lowest BCUT2D eigenvalue weighted by Gasteiger charge is -2.10. The van der Waals surface area contributed by atoms with Crippen molar-refractivity contribution in [3.8, 4) is 11.5 Å². The van der Waals surface area contributed by atoms with E-state index in [1.165, 1.54) is 6.07 Å². The van der Waals surface area contributed by atoms with E-state index in [2.05, 4.69) is 14.8 Å². The van der Waals surface area contributed by atoms with Crippen molar-refractivity contribution in [3.63, 3.8) is 0 Å². The van der Waals surface area contributed by atoms with Crippen LogP contribution in [-0.4, -0.2) is 32.3 Å². The smallest absolute Gasteiger partial charge is 0.508 e. The average molecular weight is 418 g/mol. The molecule has 28 heavy (non-hydrogen) atoms. The van der Waals surface area contributed by atoms with Crippen LogP contribution in [0.3, 0.4) is 0 Å². The Morgan fingerprint density at radius 3 is 2.32 bits per heavy atom. The van der Waals surface area contributed by atoms with Gasteiger partial charge in [0.2, 0.25) is 15.9 Å². The molecule has 0 atom stereocenters. The summed E-state index contributed by atoms with van der Waals surface area (Å²) in [6.07, 6.45) is -5.04. The Kier molecular flexibility index (Phi) is 6.86. The van der Waals surface area contributed by atoms with E-state index in [9.17, 15) is 31.5 Å². The molecule has 0 aliphatic rings. The van der Waals surface area contributed by atoms with E-state index < -0.39 is 28.0 Å². The molecule has 0 radical (unpaired) electrons. The van der Waals surface area contributed by atoms with Crippen LogP contribution in [0.5, 0.6) is 11.5 Å². The van der Waals surface area contributed by atoms with E-state index in [0.717, 1.165) is 24.3 Å². The van der Waals surface area contributed by atoms with Crippen molar-refractivity contribution in [1.29, 1.82) is 0 Å². The summed E-state index contributed by atoms with van der Waals surface area (Å²) in [4.78, 5) is 11.5. The van der Waals surface area contributed by atoms with Crippen LogP contribution in [0.2, 0.25) is 0 Å². The number of amides is 1. The Hall–Kier alpha value is -2.79. The van der Waals surface area contributed by atoms with Gasteiger partial charge in [-0.2, -0.15) is 0 Å². The number of nitrogens with one attached hydrogen (secondary N) is 2. The van der Waals surface area contributed by atoms with Crippen LogP contribution >= 0.6 is 0 Å². The lowest BCUT2D eigenvalue weighted by Crippen LogP contribution is -2.30. The van der Waals surface area contributed by atoms with Crippen molar-refractivity contribution in [2.24, 2.45) is 0 Å². The summed E-state index contributed by atoms with van der Waals surface area (Å²) in [5, 5.41) is 12.1. The van der Waals surface area contributed by atoms with Crippen molar-refractivity contribution in [2.75, 3.05) is 6.54 Å². The summed E-state index contributed by atoms with van der Waals surface area (Å²) in [6, 6.07) is 10.1. The molecule has 152 valence electrons. The van der Waals surface area contributed by atoms with E-state index in [1.54, 1.807) is 18.2 Å². The van der Waals surface area contributed by atoms with Crippen LogP contribution in [0.15, 0.2) is 53.4 Å². The quantitative estimate of drug-likeness (QED) is 0.610. The summed E-state index contributed by atoms with van der Waals surface area (Å²) in [6.45, 7) is -0.130. The Morgan fingerprint density at radius 2 is 1.71 bits per heavy atom. The molecular weight excluding hydrogens is 401 g/mol. The molecule has 0 heterocycles. The molecule has 7 nitrogen and oxygen atoms in total. The summed E-state index contributed by atoms with van der Waals surface area (Å²) in [5.74, 6) is -0.962. The molecule has 0 aliphatic heterocycles. The van der Waals surface area contributed by atoms with E-state index in [4.69, 9.17) is 0 Å². The van der Waals surface area contributed by atoms with Gasteiger partial charge in [0.15, 0.2) is 0 Å². The van der Waals surface area contributed by atoms with Gasteiger partial charge >= 0.3 is 6.36 Å². The number of ether oxygens (including phenoxy) is 1. The summed E-state index contributed by atoms with van der Waals surface area (Å²) in [7, 11) is -4.00. The Bertz CT molecular complexity index is 915. The Balaban J connectivity index is 1.82. The molecule has 0 aliphatic carbocycles. The summed E-state index contributed by atoms with van der Waals surface area (Å²) < 4.78 is 66.4. The van der Waals surface area contributed by atoms with E-state index in [0.29, 0.717) is 5.56 Å². The average Bonchev–Trinajstić information content (AvgIpc) is 2.60. The number of phenolic OH excluding ortho intramolecular Hbond substituents is 1. The summed E-state index contributed by atoms with van der Waals surface area (Å²) in [5.41, 5.74) is 0.512. The minimum absolute atomic E-state index is 0.0291. The Labute approximate surface area is 159 Å². The first-order valence-electron chi connectivity index (χ1n) is 7.96. The fourth-order valence-electron chi connectivity index (χ4n) is 2.15. The van der Waals surface area contributed by atoms with Crippen molar-refractivity contribution < 1.29 is 36.2 Å². The zero-order valence-electron chi connectivity index (χ0n) is 14.4. The second-order valence-electron chi connectivity index (χ2n) is 5.57. The highest BCUT2D eigenvalue weighted by Gasteiger charge is 2.31. The van der Waals surface area contributed by atoms with Crippen LogP contribution in [0.25, 0.3) is 0 Å². The highest BCUT2D eigenvalue weighted by Crippen LogP contribution is 2.23. The first-order chi connectivity index (χ1) is 13.1. The van der Waals surface area contributed by atoms with Gasteiger partial charge in [-0.25, -0.2) is 13.1 Å². The van der Waals surface area contributed by atoms with Crippen LogP contribution in [0.1, 0.15) is 12.0 Å². The fourth-order valence-corrected chi connectivity index (χ4v) is 3.18. The van der Waals surface area contributed by atoms with E-state index in [1.807, 2.05) is 0 Å². The lowest BCUT2D eigenvalue weighted by atomic mass is 10.2. The molecule has 2 rings (SSSR count). The van der Waals surface area contributed by atoms with E-state index in [-0.39, 0.29) is 30.2 Å². The standard InChI is InChI=1S/C17H17F3N2O5S/c18-17(19,20)27-13-5-7-14(8-6-13)28(25,26)22-10-9-16(24)21-11-12-3-1-2-4-15(12)23/h1-8,22-23H,9-11H2,(H,21,24). The van der Waals surface area contributed by atoms with Crippen molar-refractivity contribution in [3.05, 3.63) is 54.1 Å². The molecule has 1 amide bonds. The third-order valence-electron chi connectivity index (χ3n) is 3.48. The predicted molar refractivity (Wildman–Crippen MR) is 92.9 cm³/mol. The topological polar surface area (TPSA) is 105 Å². The molecule has 0 fully saturated rings. The largest absolute Gasteiger partial charge is 0.573 e. The van der Waals surface area contributed by atoms with Gasteiger partial charge in [0.05, 0.1) is 4.90 Å². The number of rotatable bonds is 8. The molecular formula is C17H17F3N2O5S. The van der Waals surface area contributed by atoms with Crippen LogP contribution in [0, 0.1) is 0 Å². The van der Waals surface area contributed by atoms with Gasteiger partial charge in [-0.3, -0.25) is 4.79 Å². The maximum Gasteiger partial charge on any atom is 0.573 e. The molecule has 2 aromatic carbocycles. The van der Waals surface area contributed by atoms with Gasteiger partial charge in [0.25, 0.3) is 0 Å². The number of carbonyl (C=O) groups excluding carboxylic acids is 1. The van der Waals surface area contributed by atoms with Crippen LogP contribution in [-0.2, 0) is 21.4 Å². The van der Waals surface area contributed by atoms with Gasteiger partial charge in [0, 0.05) is 25.1 Å². The molecule has 2 aromatic rings. The second kappa shape index (κ2) is 8.93. The number of carbonyl (C=O) groups is 1. The SMILES string of the molecule is O=C(CCNS(=O)(=O)c1ccc(OC(F)(F)F)cc1)NCc1ccccc1O. The lowest BCUT2D eigenvalue weighted by molar-refractivity contribution is -0.274. The molecule has 0 unspecified atom stereocenters. The number of aromatic hydroxyl groups is 1. The van der Waals surface area contributed by atoms with Gasteiger partial charge in [-0.15, -0.1) is 13.2 Å². The monoisotopic (exact) mass is 418 g/mol. The summed E-state index contributed by atoms with van der Waals surface area (Å²) >= 11 is 0.